The summed E-state index contributed by atoms with van der Waals surface area (Å²) in [6, 6.07) is 0. The Morgan fingerprint density at radius 1 is 1.64 bits per heavy atom. The van der Waals surface area contributed by atoms with Crippen LogP contribution < -0.4 is 29.6 Å². The average molecular weight is 168 g/mol. The van der Waals surface area contributed by atoms with Crippen LogP contribution in [-0.2, 0) is 14.3 Å². The molecule has 0 unspecified atom stereocenters. The van der Waals surface area contributed by atoms with Crippen LogP contribution in [-0.4, -0.2) is 23.7 Å². The second-order valence-electron chi connectivity index (χ2n) is 1.50. The predicted octanol–water partition coefficient (Wildman–Crippen LogP) is -2.69. The van der Waals surface area contributed by atoms with E-state index in [1.54, 1.807) is 6.92 Å². The quantitative estimate of drug-likeness (QED) is 0.164. The predicted molar refractivity (Wildman–Crippen MR) is 34.5 cm³/mol. The van der Waals surface area contributed by atoms with E-state index in [0.29, 0.717) is 0 Å². The summed E-state index contributed by atoms with van der Waals surface area (Å²) < 4.78 is 4.35. The summed E-state index contributed by atoms with van der Waals surface area (Å²) in [5.41, 5.74) is -0.540. The SMILES string of the molecule is C=C(C(=O)O)C(=O)OCC.[H-].[Na+]. The molecule has 0 atom stereocenters. The van der Waals surface area contributed by atoms with Gasteiger partial charge in [0.25, 0.3) is 0 Å². The van der Waals surface area contributed by atoms with Crippen molar-refractivity contribution in [3.63, 3.8) is 0 Å². The van der Waals surface area contributed by atoms with Crippen molar-refractivity contribution in [2.75, 3.05) is 6.61 Å². The van der Waals surface area contributed by atoms with E-state index < -0.39 is 17.5 Å². The second kappa shape index (κ2) is 6.39. The first-order chi connectivity index (χ1) is 4.59. The summed E-state index contributed by atoms with van der Waals surface area (Å²) in [6.07, 6.45) is 0. The molecule has 0 heterocycles. The minimum Gasteiger partial charge on any atom is -1.00 e. The van der Waals surface area contributed by atoms with Crippen molar-refractivity contribution in [3.8, 4) is 0 Å². The Morgan fingerprint density at radius 3 is 2.36 bits per heavy atom. The zero-order valence-electron chi connectivity index (χ0n) is 7.59. The summed E-state index contributed by atoms with van der Waals surface area (Å²) in [6.45, 7) is 4.75. The summed E-state index contributed by atoms with van der Waals surface area (Å²) in [5, 5.41) is 8.18. The van der Waals surface area contributed by atoms with Crippen molar-refractivity contribution in [2.24, 2.45) is 0 Å². The van der Waals surface area contributed by atoms with Crippen LogP contribution in [0.25, 0.3) is 0 Å². The first-order valence-corrected chi connectivity index (χ1v) is 2.69. The summed E-state index contributed by atoms with van der Waals surface area (Å²) in [5.74, 6) is -2.23. The van der Waals surface area contributed by atoms with Crippen LogP contribution >= 0.6 is 0 Å². The van der Waals surface area contributed by atoms with Gasteiger partial charge in [-0.3, -0.25) is 0 Å². The first-order valence-electron chi connectivity index (χ1n) is 2.69. The number of rotatable bonds is 3. The summed E-state index contributed by atoms with van der Waals surface area (Å²) in [4.78, 5) is 20.5. The minimum absolute atomic E-state index is 0. The molecule has 4 nitrogen and oxygen atoms in total. The summed E-state index contributed by atoms with van der Waals surface area (Å²) in [7, 11) is 0. The van der Waals surface area contributed by atoms with Crippen LogP contribution in [0.1, 0.15) is 8.35 Å². The Kier molecular flexibility index (Phi) is 7.72. The van der Waals surface area contributed by atoms with Crippen LogP contribution in [0, 0.1) is 0 Å². The molecular weight excluding hydrogens is 159 g/mol. The number of esters is 1. The van der Waals surface area contributed by atoms with E-state index in [1.165, 1.54) is 0 Å². The summed E-state index contributed by atoms with van der Waals surface area (Å²) >= 11 is 0. The van der Waals surface area contributed by atoms with Crippen molar-refractivity contribution >= 4 is 11.9 Å². The molecule has 11 heavy (non-hydrogen) atoms. The molecule has 5 heteroatoms. The fourth-order valence-electron chi connectivity index (χ4n) is 0.306. The Labute approximate surface area is 88.0 Å². The minimum atomic E-state index is -1.35. The molecule has 0 spiro atoms. The molecule has 0 saturated heterocycles. The Bertz CT molecular complexity index is 180. The maximum absolute atomic E-state index is 10.5. The van der Waals surface area contributed by atoms with Crippen molar-refractivity contribution in [1.82, 2.24) is 0 Å². The van der Waals surface area contributed by atoms with E-state index in [2.05, 4.69) is 11.3 Å². The van der Waals surface area contributed by atoms with Crippen molar-refractivity contribution in [2.45, 2.75) is 6.92 Å². The van der Waals surface area contributed by atoms with Gasteiger partial charge in [0.1, 0.15) is 5.57 Å². The van der Waals surface area contributed by atoms with Crippen LogP contribution in [0.4, 0.5) is 0 Å². The van der Waals surface area contributed by atoms with Gasteiger partial charge in [-0.05, 0) is 6.92 Å². The largest absolute Gasteiger partial charge is 1.00 e. The maximum Gasteiger partial charge on any atom is 1.00 e. The number of carbonyl (C=O) groups is 2. The third-order valence-electron chi connectivity index (χ3n) is 0.780. The van der Waals surface area contributed by atoms with Crippen LogP contribution in [0.5, 0.6) is 0 Å². The van der Waals surface area contributed by atoms with Gasteiger partial charge in [0.15, 0.2) is 0 Å². The second-order valence-corrected chi connectivity index (χ2v) is 1.50. The number of hydrogen-bond donors (Lipinski definition) is 1. The topological polar surface area (TPSA) is 63.6 Å². The smallest absolute Gasteiger partial charge is 1.00 e. The molecule has 0 saturated carbocycles. The molecule has 0 aliphatic carbocycles. The van der Waals surface area contributed by atoms with Crippen molar-refractivity contribution < 1.29 is 50.4 Å². The molecule has 0 aromatic rings. The molecule has 0 aromatic carbocycles. The maximum atomic E-state index is 10.5. The molecule has 0 aliphatic rings. The standard InChI is InChI=1S/C6H8O4.Na.H/c1-3-10-6(9)4(2)5(7)8;;/h2-3H2,1H3,(H,7,8);;/q;+1;-1. The van der Waals surface area contributed by atoms with E-state index in [-0.39, 0.29) is 37.6 Å². The number of hydrogen-bond acceptors (Lipinski definition) is 3. The number of aliphatic carboxylic acids is 1. The van der Waals surface area contributed by atoms with Gasteiger partial charge in [0.2, 0.25) is 0 Å². The number of carboxylic acid groups (broad SMARTS) is 1. The van der Waals surface area contributed by atoms with Crippen LogP contribution in [0.15, 0.2) is 12.2 Å². The normalized spacial score (nSPS) is 7.73. The molecule has 0 aromatic heterocycles. The van der Waals surface area contributed by atoms with Crippen LogP contribution in [0.3, 0.4) is 0 Å². The van der Waals surface area contributed by atoms with Crippen molar-refractivity contribution in [1.29, 1.82) is 0 Å². The van der Waals surface area contributed by atoms with Gasteiger partial charge in [-0.2, -0.15) is 0 Å². The molecule has 0 aliphatic heterocycles. The third-order valence-corrected chi connectivity index (χ3v) is 0.780. The molecule has 0 radical (unpaired) electrons. The third kappa shape index (κ3) is 5.01. The molecule has 0 fully saturated rings. The Balaban J connectivity index is -0.000000405. The van der Waals surface area contributed by atoms with E-state index in [0.717, 1.165) is 0 Å². The van der Waals surface area contributed by atoms with E-state index >= 15 is 0 Å². The van der Waals surface area contributed by atoms with Gasteiger partial charge < -0.3 is 11.3 Å². The molecule has 1 N–H and O–H groups in total. The van der Waals surface area contributed by atoms with Gasteiger partial charge in [-0.1, -0.05) is 6.58 Å². The van der Waals surface area contributed by atoms with Gasteiger partial charge in [-0.15, -0.1) is 0 Å². The van der Waals surface area contributed by atoms with E-state index in [9.17, 15) is 9.59 Å². The number of carbonyl (C=O) groups excluding carboxylic acids is 1. The molecular formula is C6H9NaO4. The molecule has 0 rings (SSSR count). The van der Waals surface area contributed by atoms with Gasteiger partial charge >= 0.3 is 41.5 Å². The molecule has 0 bridgehead atoms. The monoisotopic (exact) mass is 168 g/mol. The van der Waals surface area contributed by atoms with Crippen molar-refractivity contribution in [3.05, 3.63) is 12.2 Å². The Morgan fingerprint density at radius 2 is 2.09 bits per heavy atom. The zero-order chi connectivity index (χ0) is 8.15. The fraction of sp³-hybridized carbons (Fsp3) is 0.333. The molecule has 58 valence electrons. The Hall–Kier alpha value is -0.320. The zero-order valence-corrected chi connectivity index (χ0v) is 8.59. The fourth-order valence-corrected chi connectivity index (χ4v) is 0.306. The molecule has 0 amide bonds. The van der Waals surface area contributed by atoms with Gasteiger partial charge in [0, 0.05) is 0 Å². The van der Waals surface area contributed by atoms with E-state index in [4.69, 9.17) is 5.11 Å². The van der Waals surface area contributed by atoms with Gasteiger partial charge in [-0.25, -0.2) is 9.59 Å². The number of carboxylic acids is 1. The van der Waals surface area contributed by atoms with Crippen LogP contribution in [0.2, 0.25) is 0 Å². The number of ether oxygens (including phenoxy) is 1. The first kappa shape index (κ1) is 13.3. The van der Waals surface area contributed by atoms with E-state index in [1.807, 2.05) is 0 Å². The van der Waals surface area contributed by atoms with Gasteiger partial charge in [0.05, 0.1) is 6.61 Å². The average Bonchev–Trinajstić information content (AvgIpc) is 1.87.